The average molecular weight is 445 g/mol. The van der Waals surface area contributed by atoms with E-state index in [-0.39, 0.29) is 5.91 Å². The Hall–Kier alpha value is -1.89. The second kappa shape index (κ2) is 9.31. The Labute approximate surface area is 190 Å². The summed E-state index contributed by atoms with van der Waals surface area (Å²) in [5, 5.41) is 5.17. The van der Waals surface area contributed by atoms with Crippen molar-refractivity contribution >= 4 is 17.5 Å². The fourth-order valence-electron chi connectivity index (χ4n) is 4.92. The zero-order valence-corrected chi connectivity index (χ0v) is 19.7. The number of rotatable bonds is 4. The Kier molecular flexibility index (Phi) is 6.70. The highest BCUT2D eigenvalue weighted by Gasteiger charge is 2.28. The smallest absolute Gasteiger partial charge is 0.253 e. The van der Waals surface area contributed by atoms with E-state index >= 15 is 0 Å². The molecule has 0 aliphatic carbocycles. The number of hydrogen-bond acceptors (Lipinski definition) is 4. The minimum Gasteiger partial charge on any atom is -0.373 e. The van der Waals surface area contributed by atoms with Crippen molar-refractivity contribution in [3.63, 3.8) is 0 Å². The van der Waals surface area contributed by atoms with Crippen LogP contribution in [0.3, 0.4) is 0 Å². The molecule has 2 fully saturated rings. The topological polar surface area (TPSA) is 50.6 Å². The number of aryl methyl sites for hydroxylation is 1. The van der Waals surface area contributed by atoms with Gasteiger partial charge in [-0.3, -0.25) is 9.69 Å². The molecule has 0 bridgehead atoms. The summed E-state index contributed by atoms with van der Waals surface area (Å²) in [7, 11) is 0. The van der Waals surface area contributed by atoms with E-state index < -0.39 is 0 Å². The third-order valence-electron chi connectivity index (χ3n) is 6.48. The van der Waals surface area contributed by atoms with Crippen molar-refractivity contribution in [2.45, 2.75) is 52.7 Å². The molecule has 2 aromatic rings. The zero-order valence-electron chi connectivity index (χ0n) is 19.0. The van der Waals surface area contributed by atoms with Gasteiger partial charge < -0.3 is 9.64 Å². The van der Waals surface area contributed by atoms with Crippen molar-refractivity contribution in [2.24, 2.45) is 5.92 Å². The molecule has 2 saturated heterocycles. The Bertz CT molecular complexity index is 908. The fraction of sp³-hybridized carbons (Fsp3) is 0.583. The standard InChI is InChI=1S/C24H33ClN4O2/c1-16-13-27(14-17(2)31-16)15-20-9-11-28(12-10-20)24(30)21-5-7-22(8-6-21)29-19(4)23(25)18(3)26-29/h5-8,16-17,20H,9-15H2,1-4H3. The van der Waals surface area contributed by atoms with Gasteiger partial charge in [0.25, 0.3) is 5.91 Å². The summed E-state index contributed by atoms with van der Waals surface area (Å²) in [6, 6.07) is 7.67. The number of amides is 1. The Morgan fingerprint density at radius 1 is 1.10 bits per heavy atom. The maximum atomic E-state index is 13.0. The first-order valence-electron chi connectivity index (χ1n) is 11.3. The van der Waals surface area contributed by atoms with Crippen molar-refractivity contribution in [3.8, 4) is 5.69 Å². The van der Waals surface area contributed by atoms with Crippen molar-refractivity contribution in [3.05, 3.63) is 46.2 Å². The number of carbonyl (C=O) groups is 1. The lowest BCUT2D eigenvalue weighted by atomic mass is 9.95. The highest BCUT2D eigenvalue weighted by Crippen LogP contribution is 2.24. The van der Waals surface area contributed by atoms with Gasteiger partial charge in [-0.15, -0.1) is 0 Å². The molecule has 0 radical (unpaired) electrons. The normalized spacial score (nSPS) is 23.3. The number of morpholine rings is 1. The SMILES string of the molecule is Cc1nn(-c2ccc(C(=O)N3CCC(CN4CC(C)OC(C)C4)CC3)cc2)c(C)c1Cl. The number of nitrogens with zero attached hydrogens (tertiary/aromatic N) is 4. The minimum absolute atomic E-state index is 0.116. The predicted molar refractivity (Wildman–Crippen MR) is 123 cm³/mol. The molecular formula is C24H33ClN4O2. The quantitative estimate of drug-likeness (QED) is 0.712. The number of halogens is 1. The lowest BCUT2D eigenvalue weighted by Gasteiger charge is -2.39. The summed E-state index contributed by atoms with van der Waals surface area (Å²) in [5.74, 6) is 0.768. The van der Waals surface area contributed by atoms with Crippen LogP contribution in [0.25, 0.3) is 5.69 Å². The molecule has 2 aliphatic rings. The molecule has 6 nitrogen and oxygen atoms in total. The van der Waals surface area contributed by atoms with Crippen molar-refractivity contribution < 1.29 is 9.53 Å². The number of carbonyl (C=O) groups excluding carboxylic acids is 1. The van der Waals surface area contributed by atoms with Crippen molar-refractivity contribution in [1.82, 2.24) is 19.6 Å². The van der Waals surface area contributed by atoms with Crippen molar-refractivity contribution in [2.75, 3.05) is 32.7 Å². The molecule has 7 heteroatoms. The monoisotopic (exact) mass is 444 g/mol. The van der Waals surface area contributed by atoms with E-state index in [2.05, 4.69) is 23.8 Å². The fourth-order valence-corrected chi connectivity index (χ4v) is 5.04. The summed E-state index contributed by atoms with van der Waals surface area (Å²) in [6.07, 6.45) is 2.74. The molecule has 4 rings (SSSR count). The van der Waals surface area contributed by atoms with Crippen LogP contribution in [-0.2, 0) is 4.74 Å². The molecule has 0 N–H and O–H groups in total. The van der Waals surface area contributed by atoms with E-state index in [4.69, 9.17) is 16.3 Å². The first-order valence-corrected chi connectivity index (χ1v) is 11.7. The molecule has 31 heavy (non-hydrogen) atoms. The molecule has 2 atom stereocenters. The first kappa shape index (κ1) is 22.3. The summed E-state index contributed by atoms with van der Waals surface area (Å²) < 4.78 is 7.67. The van der Waals surface area contributed by atoms with Crippen LogP contribution >= 0.6 is 11.6 Å². The van der Waals surface area contributed by atoms with Crippen LogP contribution < -0.4 is 0 Å². The molecule has 2 aliphatic heterocycles. The third kappa shape index (κ3) is 4.97. The number of piperidine rings is 1. The highest BCUT2D eigenvalue weighted by molar-refractivity contribution is 6.31. The number of aromatic nitrogens is 2. The summed E-state index contributed by atoms with van der Waals surface area (Å²) in [4.78, 5) is 17.5. The second-order valence-electron chi connectivity index (χ2n) is 9.15. The largest absolute Gasteiger partial charge is 0.373 e. The van der Waals surface area contributed by atoms with Crippen LogP contribution in [0.15, 0.2) is 24.3 Å². The van der Waals surface area contributed by atoms with Crippen LogP contribution in [0.4, 0.5) is 0 Å². The number of ether oxygens (including phenoxy) is 1. The molecular weight excluding hydrogens is 412 g/mol. The molecule has 2 unspecified atom stereocenters. The Balaban J connectivity index is 1.33. The molecule has 168 valence electrons. The summed E-state index contributed by atoms with van der Waals surface area (Å²) in [5.41, 5.74) is 3.36. The van der Waals surface area contributed by atoms with E-state index in [0.29, 0.717) is 23.1 Å². The summed E-state index contributed by atoms with van der Waals surface area (Å²) in [6.45, 7) is 12.9. The molecule has 0 spiro atoms. The minimum atomic E-state index is 0.116. The summed E-state index contributed by atoms with van der Waals surface area (Å²) >= 11 is 6.27. The molecule has 3 heterocycles. The predicted octanol–water partition coefficient (Wildman–Crippen LogP) is 4.10. The van der Waals surface area contributed by atoms with E-state index in [1.807, 2.05) is 47.7 Å². The van der Waals surface area contributed by atoms with Gasteiger partial charge in [-0.05, 0) is 70.7 Å². The third-order valence-corrected chi connectivity index (χ3v) is 7.02. The van der Waals surface area contributed by atoms with Crippen LogP contribution in [0.1, 0.15) is 48.4 Å². The van der Waals surface area contributed by atoms with E-state index in [9.17, 15) is 4.79 Å². The maximum Gasteiger partial charge on any atom is 0.253 e. The molecule has 1 amide bonds. The van der Waals surface area contributed by atoms with Gasteiger partial charge in [0.2, 0.25) is 0 Å². The van der Waals surface area contributed by atoms with Crippen LogP contribution in [0.5, 0.6) is 0 Å². The van der Waals surface area contributed by atoms with Gasteiger partial charge in [0.15, 0.2) is 0 Å². The lowest BCUT2D eigenvalue weighted by Crippen LogP contribution is -2.48. The number of benzene rings is 1. The van der Waals surface area contributed by atoms with Gasteiger partial charge in [0.1, 0.15) is 0 Å². The lowest BCUT2D eigenvalue weighted by molar-refractivity contribution is -0.0728. The molecule has 1 aromatic carbocycles. The molecule has 0 saturated carbocycles. The number of likely N-dealkylation sites (tertiary alicyclic amines) is 1. The first-order chi connectivity index (χ1) is 14.8. The van der Waals surface area contributed by atoms with E-state index in [1.165, 1.54) is 0 Å². The highest BCUT2D eigenvalue weighted by atomic mass is 35.5. The second-order valence-corrected chi connectivity index (χ2v) is 9.53. The average Bonchev–Trinajstić information content (AvgIpc) is 3.00. The van der Waals surface area contributed by atoms with Crippen LogP contribution in [0, 0.1) is 19.8 Å². The van der Waals surface area contributed by atoms with Gasteiger partial charge in [-0.1, -0.05) is 11.6 Å². The van der Waals surface area contributed by atoms with E-state index in [1.54, 1.807) is 0 Å². The van der Waals surface area contributed by atoms with Crippen LogP contribution in [0.2, 0.25) is 5.02 Å². The van der Waals surface area contributed by atoms with Gasteiger partial charge in [-0.2, -0.15) is 5.10 Å². The van der Waals surface area contributed by atoms with Gasteiger partial charge in [-0.25, -0.2) is 4.68 Å². The zero-order chi connectivity index (χ0) is 22.1. The number of hydrogen-bond donors (Lipinski definition) is 0. The Morgan fingerprint density at radius 2 is 1.71 bits per heavy atom. The van der Waals surface area contributed by atoms with Gasteiger partial charge >= 0.3 is 0 Å². The maximum absolute atomic E-state index is 13.0. The molecule has 1 aromatic heterocycles. The van der Waals surface area contributed by atoms with Crippen LogP contribution in [-0.4, -0.2) is 70.4 Å². The van der Waals surface area contributed by atoms with E-state index in [0.717, 1.165) is 68.2 Å². The van der Waals surface area contributed by atoms with Crippen molar-refractivity contribution in [1.29, 1.82) is 0 Å². The van der Waals surface area contributed by atoms with Gasteiger partial charge in [0.05, 0.1) is 34.3 Å². The Morgan fingerprint density at radius 3 is 2.26 bits per heavy atom. The van der Waals surface area contributed by atoms with Gasteiger partial charge in [0, 0.05) is 38.3 Å².